The molecule has 25 heavy (non-hydrogen) atoms. The van der Waals surface area contributed by atoms with E-state index in [0.29, 0.717) is 34.8 Å². The monoisotopic (exact) mass is 344 g/mol. The van der Waals surface area contributed by atoms with Crippen molar-refractivity contribution in [2.45, 2.75) is 58.2 Å². The molecule has 1 aromatic carbocycles. The third-order valence-electron chi connectivity index (χ3n) is 5.69. The Labute approximate surface area is 149 Å². The second-order valence-corrected chi connectivity index (χ2v) is 7.44. The van der Waals surface area contributed by atoms with Gasteiger partial charge in [0, 0.05) is 36.8 Å². The van der Waals surface area contributed by atoms with E-state index in [-0.39, 0.29) is 5.91 Å². The summed E-state index contributed by atoms with van der Waals surface area (Å²) in [6.45, 7) is 7.87. The first kappa shape index (κ1) is 17.9. The van der Waals surface area contributed by atoms with Gasteiger partial charge in [-0.1, -0.05) is 6.07 Å². The Morgan fingerprint density at radius 3 is 2.48 bits per heavy atom. The highest BCUT2D eigenvalue weighted by molar-refractivity contribution is 6.00. The Morgan fingerprint density at radius 2 is 1.80 bits per heavy atom. The van der Waals surface area contributed by atoms with Gasteiger partial charge in [-0.2, -0.15) is 0 Å². The van der Waals surface area contributed by atoms with Crippen molar-refractivity contribution in [3.8, 4) is 0 Å². The van der Waals surface area contributed by atoms with Crippen LogP contribution < -0.4 is 0 Å². The Balaban J connectivity index is 1.84. The fourth-order valence-corrected chi connectivity index (χ4v) is 4.51. The zero-order valence-corrected chi connectivity index (χ0v) is 15.6. The number of esters is 1. The summed E-state index contributed by atoms with van der Waals surface area (Å²) in [5.41, 5.74) is 1.78. The molecule has 0 saturated carbocycles. The Hall–Kier alpha value is -1.88. The molecule has 0 N–H and O–H groups in total. The number of nitrogens with zero attached hydrogens (tertiary/aromatic N) is 2. The van der Waals surface area contributed by atoms with Crippen molar-refractivity contribution in [2.75, 3.05) is 20.2 Å². The van der Waals surface area contributed by atoms with Crippen molar-refractivity contribution in [1.82, 2.24) is 9.80 Å². The van der Waals surface area contributed by atoms with Gasteiger partial charge in [-0.05, 0) is 57.7 Å². The molecule has 2 atom stereocenters. The van der Waals surface area contributed by atoms with Gasteiger partial charge < -0.3 is 9.64 Å². The number of methoxy groups -OCH3 is 1. The molecule has 1 aromatic rings. The van der Waals surface area contributed by atoms with Crippen LogP contribution in [0.2, 0.25) is 0 Å². The maximum atomic E-state index is 13.1. The minimum Gasteiger partial charge on any atom is -0.465 e. The van der Waals surface area contributed by atoms with Crippen LogP contribution in [0, 0.1) is 6.92 Å². The molecular weight excluding hydrogens is 316 g/mol. The van der Waals surface area contributed by atoms with E-state index in [9.17, 15) is 9.59 Å². The van der Waals surface area contributed by atoms with Crippen LogP contribution in [0.3, 0.4) is 0 Å². The quantitative estimate of drug-likeness (QED) is 0.791. The normalized spacial score (nSPS) is 23.6. The summed E-state index contributed by atoms with van der Waals surface area (Å²) in [4.78, 5) is 29.6. The molecular formula is C20H28N2O3. The Kier molecular flexibility index (Phi) is 5.13. The van der Waals surface area contributed by atoms with E-state index < -0.39 is 5.97 Å². The number of benzene rings is 1. The highest BCUT2D eigenvalue weighted by atomic mass is 16.5. The van der Waals surface area contributed by atoms with E-state index in [0.717, 1.165) is 25.9 Å². The zero-order valence-electron chi connectivity index (χ0n) is 15.6. The number of amides is 1. The van der Waals surface area contributed by atoms with Crippen molar-refractivity contribution in [2.24, 2.45) is 0 Å². The average Bonchev–Trinajstić information content (AvgIpc) is 2.88. The summed E-state index contributed by atoms with van der Waals surface area (Å²) < 4.78 is 4.83. The number of carbonyl (C=O) groups excluding carboxylic acids is 2. The lowest BCUT2D eigenvalue weighted by atomic mass is 10.0. The van der Waals surface area contributed by atoms with Gasteiger partial charge in [0.1, 0.15) is 0 Å². The van der Waals surface area contributed by atoms with Crippen LogP contribution in [0.4, 0.5) is 0 Å². The average molecular weight is 344 g/mol. The second-order valence-electron chi connectivity index (χ2n) is 7.44. The SMILES string of the molecule is COC(=O)c1cccc(C(=O)N2CCC3CCC(C2)N3C(C)C)c1C. The smallest absolute Gasteiger partial charge is 0.338 e. The molecule has 2 aliphatic heterocycles. The van der Waals surface area contributed by atoms with Gasteiger partial charge in [-0.15, -0.1) is 0 Å². The molecule has 0 aromatic heterocycles. The van der Waals surface area contributed by atoms with Gasteiger partial charge in [0.25, 0.3) is 5.91 Å². The van der Waals surface area contributed by atoms with Crippen molar-refractivity contribution in [3.05, 3.63) is 34.9 Å². The highest BCUT2D eigenvalue weighted by Crippen LogP contribution is 2.32. The van der Waals surface area contributed by atoms with Crippen LogP contribution in [0.1, 0.15) is 59.4 Å². The molecule has 0 radical (unpaired) electrons. The number of ether oxygens (including phenoxy) is 1. The van der Waals surface area contributed by atoms with E-state index in [2.05, 4.69) is 18.7 Å². The molecule has 1 amide bonds. The van der Waals surface area contributed by atoms with E-state index in [1.807, 2.05) is 17.9 Å². The van der Waals surface area contributed by atoms with Gasteiger partial charge in [-0.25, -0.2) is 4.79 Å². The van der Waals surface area contributed by atoms with E-state index in [4.69, 9.17) is 4.74 Å². The predicted molar refractivity (Wildman–Crippen MR) is 96.8 cm³/mol. The summed E-state index contributed by atoms with van der Waals surface area (Å²) in [7, 11) is 1.36. The Bertz CT molecular complexity index is 671. The molecule has 136 valence electrons. The first-order valence-corrected chi connectivity index (χ1v) is 9.18. The molecule has 2 fully saturated rings. The molecule has 3 rings (SSSR count). The van der Waals surface area contributed by atoms with Crippen molar-refractivity contribution >= 4 is 11.9 Å². The molecule has 5 nitrogen and oxygen atoms in total. The fraction of sp³-hybridized carbons (Fsp3) is 0.600. The summed E-state index contributed by atoms with van der Waals surface area (Å²) in [5.74, 6) is -0.368. The summed E-state index contributed by atoms with van der Waals surface area (Å²) in [6.07, 6.45) is 3.42. The maximum Gasteiger partial charge on any atom is 0.338 e. The van der Waals surface area contributed by atoms with Gasteiger partial charge in [0.05, 0.1) is 12.7 Å². The molecule has 2 unspecified atom stereocenters. The van der Waals surface area contributed by atoms with Gasteiger partial charge in [0.15, 0.2) is 0 Å². The van der Waals surface area contributed by atoms with E-state index >= 15 is 0 Å². The highest BCUT2D eigenvalue weighted by Gasteiger charge is 2.39. The number of hydrogen-bond donors (Lipinski definition) is 0. The minimum absolute atomic E-state index is 0.0273. The van der Waals surface area contributed by atoms with E-state index in [1.54, 1.807) is 12.1 Å². The lowest BCUT2D eigenvalue weighted by Gasteiger charge is -2.32. The molecule has 5 heteroatoms. The second kappa shape index (κ2) is 7.16. The first-order valence-electron chi connectivity index (χ1n) is 9.18. The molecule has 2 heterocycles. The standard InChI is InChI=1S/C20H28N2O3/c1-13(2)22-15-8-9-16(22)12-21(11-10-15)19(23)17-6-5-7-18(14(17)3)20(24)25-4/h5-7,13,15-16H,8-12H2,1-4H3. The zero-order chi connectivity index (χ0) is 18.1. The number of rotatable bonds is 3. The van der Waals surface area contributed by atoms with Crippen LogP contribution >= 0.6 is 0 Å². The van der Waals surface area contributed by atoms with Crippen molar-refractivity contribution in [1.29, 1.82) is 0 Å². The van der Waals surface area contributed by atoms with Crippen molar-refractivity contribution in [3.63, 3.8) is 0 Å². The third-order valence-corrected chi connectivity index (χ3v) is 5.69. The molecule has 2 saturated heterocycles. The number of carbonyl (C=O) groups is 2. The molecule has 0 aliphatic carbocycles. The minimum atomic E-state index is -0.395. The summed E-state index contributed by atoms with van der Waals surface area (Å²) in [5, 5.41) is 0. The fourth-order valence-electron chi connectivity index (χ4n) is 4.51. The third kappa shape index (κ3) is 3.30. The van der Waals surface area contributed by atoms with Gasteiger partial charge in [-0.3, -0.25) is 9.69 Å². The lowest BCUT2D eigenvalue weighted by Crippen LogP contribution is -2.44. The predicted octanol–water partition coefficient (Wildman–Crippen LogP) is 2.87. The molecule has 2 bridgehead atoms. The maximum absolute atomic E-state index is 13.1. The number of likely N-dealkylation sites (tertiary alicyclic amines) is 1. The summed E-state index contributed by atoms with van der Waals surface area (Å²) >= 11 is 0. The largest absolute Gasteiger partial charge is 0.465 e. The lowest BCUT2D eigenvalue weighted by molar-refractivity contribution is 0.0600. The van der Waals surface area contributed by atoms with Crippen LogP contribution in [0.5, 0.6) is 0 Å². The van der Waals surface area contributed by atoms with Gasteiger partial charge in [0.2, 0.25) is 0 Å². The first-order chi connectivity index (χ1) is 11.9. The van der Waals surface area contributed by atoms with Crippen LogP contribution in [-0.4, -0.2) is 60.0 Å². The van der Waals surface area contributed by atoms with Crippen LogP contribution in [-0.2, 0) is 4.74 Å². The topological polar surface area (TPSA) is 49.9 Å². The number of hydrogen-bond acceptors (Lipinski definition) is 4. The van der Waals surface area contributed by atoms with E-state index in [1.165, 1.54) is 13.5 Å². The summed E-state index contributed by atoms with van der Waals surface area (Å²) in [6, 6.07) is 6.83. The molecule has 0 spiro atoms. The Morgan fingerprint density at radius 1 is 1.12 bits per heavy atom. The number of fused-ring (bicyclic) bond motifs is 2. The van der Waals surface area contributed by atoms with Crippen LogP contribution in [0.15, 0.2) is 18.2 Å². The van der Waals surface area contributed by atoms with Crippen LogP contribution in [0.25, 0.3) is 0 Å². The van der Waals surface area contributed by atoms with Gasteiger partial charge >= 0.3 is 5.97 Å². The van der Waals surface area contributed by atoms with Crippen molar-refractivity contribution < 1.29 is 14.3 Å². The molecule has 2 aliphatic rings.